The van der Waals surface area contributed by atoms with Gasteiger partial charge in [0.1, 0.15) is 28.9 Å². The quantitative estimate of drug-likeness (QED) is 0.0578. The van der Waals surface area contributed by atoms with Crippen molar-refractivity contribution in [2.75, 3.05) is 26.9 Å². The third-order valence-electron chi connectivity index (χ3n) is 12.8. The first-order valence-electron chi connectivity index (χ1n) is 22.2. The molecule has 324 valence electrons. The van der Waals surface area contributed by atoms with Crippen molar-refractivity contribution in [2.45, 2.75) is 89.1 Å². The number of hydrogen-bond donors (Lipinski definition) is 2. The molecule has 2 N–H and O–H groups in total. The van der Waals surface area contributed by atoms with Gasteiger partial charge in [-0.15, -0.1) is 6.58 Å². The maximum Gasteiger partial charge on any atom is 0.254 e. The van der Waals surface area contributed by atoms with Gasteiger partial charge in [-0.1, -0.05) is 90.8 Å². The fourth-order valence-corrected chi connectivity index (χ4v) is 10.0. The molecule has 5 aromatic rings. The number of rotatable bonds is 16. The number of aliphatic hydroxyl groups is 2. The van der Waals surface area contributed by atoms with Crippen molar-refractivity contribution in [1.82, 2.24) is 4.90 Å². The second-order valence-corrected chi connectivity index (χ2v) is 18.1. The average molecular weight is 837 g/mol. The number of aliphatic hydroxyl groups excluding tert-OH is 2. The largest absolute Gasteiger partial charge is 0.459 e. The van der Waals surface area contributed by atoms with Crippen molar-refractivity contribution in [1.29, 1.82) is 0 Å². The predicted octanol–water partition coefficient (Wildman–Crippen LogP) is 11.0. The summed E-state index contributed by atoms with van der Waals surface area (Å²) < 4.78 is 21.1. The fraction of sp³-hybridized carbons (Fsp3) is 0.396. The molecular formula is C53H60N2O7. The molecule has 0 radical (unpaired) electrons. The van der Waals surface area contributed by atoms with Crippen LogP contribution in [0, 0.1) is 17.8 Å². The van der Waals surface area contributed by atoms with E-state index in [2.05, 4.69) is 43.0 Å². The summed E-state index contributed by atoms with van der Waals surface area (Å²) >= 11 is 0. The summed E-state index contributed by atoms with van der Waals surface area (Å²) in [6.45, 7) is 10.4. The van der Waals surface area contributed by atoms with Crippen LogP contribution in [0.3, 0.4) is 0 Å². The van der Waals surface area contributed by atoms with Gasteiger partial charge in [-0.2, -0.15) is 0 Å². The molecule has 0 spiro atoms. The minimum Gasteiger partial charge on any atom is -0.459 e. The number of allylic oxidation sites excluding steroid dienone is 1. The Balaban J connectivity index is 1.31. The third-order valence-corrected chi connectivity index (χ3v) is 12.8. The van der Waals surface area contributed by atoms with Crippen LogP contribution in [-0.2, 0) is 9.57 Å². The fourth-order valence-electron chi connectivity index (χ4n) is 10.0. The second-order valence-electron chi connectivity index (χ2n) is 18.1. The van der Waals surface area contributed by atoms with Crippen LogP contribution in [0.5, 0.6) is 17.2 Å². The maximum absolute atomic E-state index is 14.9. The van der Waals surface area contributed by atoms with E-state index in [0.717, 1.165) is 69.8 Å². The molecule has 1 fully saturated rings. The zero-order valence-electron chi connectivity index (χ0n) is 36.5. The molecule has 9 heteroatoms. The van der Waals surface area contributed by atoms with Gasteiger partial charge in [-0.3, -0.25) is 4.79 Å². The van der Waals surface area contributed by atoms with Crippen molar-refractivity contribution in [3.05, 3.63) is 139 Å². The van der Waals surface area contributed by atoms with E-state index >= 15 is 0 Å². The third kappa shape index (κ3) is 8.76. The van der Waals surface area contributed by atoms with Crippen LogP contribution in [0.2, 0.25) is 0 Å². The highest BCUT2D eigenvalue weighted by Gasteiger charge is 2.65. The standard InChI is InChI=1S/C53H60N2O7/c1-6-29-59-53-48(55(5)51(58)40-22-21-35-15-7-9-17-37(35)30-40)34-46(54-62-52(2,3)4)44-32-39(19-11-13-27-56)43(20-12-14-28-57)49(50(44)53)45-33-42(25-26-47(45)61-53)60-41-24-23-36-16-8-10-18-38(36)31-41/h6-10,15-18,21-26,30-33,39,43,48-50,56-57H,1,11-14,19-20,27-29,34H2,2-5H3. The van der Waals surface area contributed by atoms with Gasteiger partial charge >= 0.3 is 0 Å². The van der Waals surface area contributed by atoms with E-state index in [9.17, 15) is 15.0 Å². The number of amides is 1. The molecule has 0 saturated heterocycles. The zero-order valence-corrected chi connectivity index (χ0v) is 36.5. The van der Waals surface area contributed by atoms with Crippen LogP contribution in [0.4, 0.5) is 0 Å². The summed E-state index contributed by atoms with van der Waals surface area (Å²) in [5, 5.41) is 29.1. The second kappa shape index (κ2) is 18.5. The molecule has 2 aliphatic carbocycles. The summed E-state index contributed by atoms with van der Waals surface area (Å²) in [6, 6.07) is 33.6. The summed E-state index contributed by atoms with van der Waals surface area (Å²) in [6.07, 6.45) is 9.16. The topological polar surface area (TPSA) is 110 Å². The van der Waals surface area contributed by atoms with E-state index in [0.29, 0.717) is 36.3 Å². The van der Waals surface area contributed by atoms with Gasteiger partial charge in [0.25, 0.3) is 5.91 Å². The highest BCUT2D eigenvalue weighted by molar-refractivity contribution is 6.04. The molecule has 1 aliphatic heterocycles. The molecule has 1 heterocycles. The minimum atomic E-state index is -1.36. The summed E-state index contributed by atoms with van der Waals surface area (Å²) in [5.74, 6) is 0.175. The first kappa shape index (κ1) is 43.2. The van der Waals surface area contributed by atoms with Crippen LogP contribution in [0.25, 0.3) is 21.5 Å². The Hall–Kier alpha value is -5.48. The average Bonchev–Trinajstić information content (AvgIpc) is 3.27. The Morgan fingerprint density at radius 2 is 1.50 bits per heavy atom. The zero-order chi connectivity index (χ0) is 43.4. The van der Waals surface area contributed by atoms with Crippen molar-refractivity contribution in [3.8, 4) is 17.2 Å². The molecule has 1 saturated carbocycles. The number of benzene rings is 5. The van der Waals surface area contributed by atoms with Crippen LogP contribution in [-0.4, -0.2) is 71.0 Å². The Bertz CT molecular complexity index is 2470. The molecule has 1 amide bonds. The SMILES string of the molecule is C=CCOC12Oc3ccc(Oc4ccc5ccccc5c4)cc3C3C(CCCCO)C(CCCCO)C=C(C(=NOC(C)(C)C)CC1N(C)C(=O)c1ccc4ccccc4c1)C32. The lowest BCUT2D eigenvalue weighted by Gasteiger charge is -2.59. The first-order chi connectivity index (χ1) is 30.0. The van der Waals surface area contributed by atoms with E-state index in [-0.39, 0.29) is 43.5 Å². The van der Waals surface area contributed by atoms with Crippen molar-refractivity contribution >= 4 is 33.2 Å². The molecule has 0 bridgehead atoms. The predicted molar refractivity (Wildman–Crippen MR) is 246 cm³/mol. The molecular weight excluding hydrogens is 777 g/mol. The summed E-state index contributed by atoms with van der Waals surface area (Å²) in [4.78, 5) is 22.9. The van der Waals surface area contributed by atoms with E-state index in [1.165, 1.54) is 0 Å². The van der Waals surface area contributed by atoms with Gasteiger partial charge in [0.05, 0.1) is 18.2 Å². The van der Waals surface area contributed by atoms with Crippen LogP contribution in [0.15, 0.2) is 133 Å². The van der Waals surface area contributed by atoms with Gasteiger partial charge in [0.15, 0.2) is 0 Å². The lowest BCUT2D eigenvalue weighted by molar-refractivity contribution is -0.252. The van der Waals surface area contributed by atoms with Crippen LogP contribution < -0.4 is 9.47 Å². The smallest absolute Gasteiger partial charge is 0.254 e. The minimum absolute atomic E-state index is 0.0873. The number of unbranched alkanes of at least 4 members (excludes halogenated alkanes) is 2. The lowest BCUT2D eigenvalue weighted by atomic mass is 9.55. The number of carbonyl (C=O) groups excluding carboxylic acids is 1. The number of fused-ring (bicyclic) bond motifs is 4. The Kier molecular flexibility index (Phi) is 12.9. The highest BCUT2D eigenvalue weighted by Crippen LogP contribution is 2.62. The number of carbonyl (C=O) groups is 1. The van der Waals surface area contributed by atoms with E-state index in [1.807, 2.05) is 101 Å². The van der Waals surface area contributed by atoms with Crippen molar-refractivity contribution < 1.29 is 34.1 Å². The monoisotopic (exact) mass is 836 g/mol. The van der Waals surface area contributed by atoms with Gasteiger partial charge < -0.3 is 34.2 Å². The van der Waals surface area contributed by atoms with E-state index in [1.54, 1.807) is 11.0 Å². The summed E-state index contributed by atoms with van der Waals surface area (Å²) in [5.41, 5.74) is 2.74. The van der Waals surface area contributed by atoms with Gasteiger partial charge in [0.2, 0.25) is 5.79 Å². The first-order valence-corrected chi connectivity index (χ1v) is 22.2. The number of hydrogen-bond acceptors (Lipinski definition) is 8. The van der Waals surface area contributed by atoms with Crippen LogP contribution >= 0.6 is 0 Å². The molecule has 9 nitrogen and oxygen atoms in total. The number of oxime groups is 1. The van der Waals surface area contributed by atoms with Crippen LogP contribution in [0.1, 0.15) is 87.6 Å². The highest BCUT2D eigenvalue weighted by atomic mass is 16.7. The molecule has 8 rings (SSSR count). The van der Waals surface area contributed by atoms with Gasteiger partial charge in [-0.05, 0) is 128 Å². The lowest BCUT2D eigenvalue weighted by Crippen LogP contribution is -2.69. The van der Waals surface area contributed by atoms with Gasteiger partial charge in [0, 0.05) is 43.7 Å². The number of ether oxygens (including phenoxy) is 3. The summed E-state index contributed by atoms with van der Waals surface area (Å²) in [7, 11) is 1.84. The molecule has 62 heavy (non-hydrogen) atoms. The Labute approximate surface area is 365 Å². The molecule has 3 aliphatic rings. The van der Waals surface area contributed by atoms with E-state index < -0.39 is 23.3 Å². The van der Waals surface area contributed by atoms with Gasteiger partial charge in [-0.25, -0.2) is 0 Å². The van der Waals surface area contributed by atoms with Crippen molar-refractivity contribution in [3.63, 3.8) is 0 Å². The maximum atomic E-state index is 14.9. The molecule has 6 atom stereocenters. The number of nitrogens with zero attached hydrogens (tertiary/aromatic N) is 2. The Morgan fingerprint density at radius 3 is 2.19 bits per heavy atom. The number of likely N-dealkylation sites (N-methyl/N-ethyl adjacent to an activating group) is 1. The van der Waals surface area contributed by atoms with E-state index in [4.69, 9.17) is 24.2 Å². The van der Waals surface area contributed by atoms with Crippen molar-refractivity contribution in [2.24, 2.45) is 22.9 Å². The molecule has 6 unspecified atom stereocenters. The Morgan fingerprint density at radius 1 is 0.855 bits per heavy atom. The normalized spacial score (nSPS) is 23.5. The molecule has 0 aromatic heterocycles. The molecule has 5 aromatic carbocycles.